The Kier molecular flexibility index (Phi) is 5.06. The Labute approximate surface area is 149 Å². The summed E-state index contributed by atoms with van der Waals surface area (Å²) in [6.07, 6.45) is 1.18. The Hall–Kier alpha value is -3.10. The lowest BCUT2D eigenvalue weighted by Gasteiger charge is -2.15. The number of carbonyl (C=O) groups is 2. The fourth-order valence-corrected chi connectivity index (χ4v) is 2.63. The SMILES string of the molecule is COc1ccc(-c2ccc(CO)o2)c(NC2=CC(=O)N(CCO)C2=O)c1. The lowest BCUT2D eigenvalue weighted by molar-refractivity contribution is -0.137. The fourth-order valence-electron chi connectivity index (χ4n) is 2.63. The number of hydrogen-bond donors (Lipinski definition) is 3. The molecule has 0 radical (unpaired) electrons. The number of aliphatic hydroxyl groups is 2. The summed E-state index contributed by atoms with van der Waals surface area (Å²) in [5, 5.41) is 21.1. The number of rotatable bonds is 7. The number of benzene rings is 1. The van der Waals surface area contributed by atoms with E-state index in [1.807, 2.05) is 0 Å². The van der Waals surface area contributed by atoms with Crippen molar-refractivity contribution in [2.45, 2.75) is 6.61 Å². The zero-order valence-corrected chi connectivity index (χ0v) is 14.1. The highest BCUT2D eigenvalue weighted by Gasteiger charge is 2.31. The molecule has 2 aromatic rings. The maximum absolute atomic E-state index is 12.3. The van der Waals surface area contributed by atoms with Crippen molar-refractivity contribution in [2.75, 3.05) is 25.6 Å². The van der Waals surface area contributed by atoms with Crippen molar-refractivity contribution in [1.29, 1.82) is 0 Å². The summed E-state index contributed by atoms with van der Waals surface area (Å²) in [6.45, 7) is -0.602. The molecule has 0 aliphatic carbocycles. The van der Waals surface area contributed by atoms with E-state index >= 15 is 0 Å². The van der Waals surface area contributed by atoms with Crippen LogP contribution in [0.2, 0.25) is 0 Å². The molecule has 8 heteroatoms. The molecule has 0 saturated carbocycles. The van der Waals surface area contributed by atoms with Gasteiger partial charge in [0.15, 0.2) is 0 Å². The molecule has 0 bridgehead atoms. The average Bonchev–Trinajstić information content (AvgIpc) is 3.22. The maximum atomic E-state index is 12.3. The number of methoxy groups -OCH3 is 1. The van der Waals surface area contributed by atoms with Crippen LogP contribution >= 0.6 is 0 Å². The van der Waals surface area contributed by atoms with Crippen LogP contribution in [0.4, 0.5) is 5.69 Å². The van der Waals surface area contributed by atoms with E-state index in [9.17, 15) is 14.7 Å². The lowest BCUT2D eigenvalue weighted by atomic mass is 10.1. The van der Waals surface area contributed by atoms with Crippen LogP contribution in [0.5, 0.6) is 5.75 Å². The van der Waals surface area contributed by atoms with E-state index in [1.165, 1.54) is 13.2 Å². The number of ether oxygens (including phenoxy) is 1. The van der Waals surface area contributed by atoms with Crippen LogP contribution in [-0.4, -0.2) is 47.2 Å². The Morgan fingerprint density at radius 2 is 2.00 bits per heavy atom. The van der Waals surface area contributed by atoms with Crippen LogP contribution in [0.3, 0.4) is 0 Å². The molecule has 0 atom stereocenters. The van der Waals surface area contributed by atoms with Gasteiger partial charge in [-0.2, -0.15) is 0 Å². The zero-order chi connectivity index (χ0) is 18.7. The molecule has 26 heavy (non-hydrogen) atoms. The number of imide groups is 1. The quantitative estimate of drug-likeness (QED) is 0.636. The van der Waals surface area contributed by atoms with E-state index < -0.39 is 11.8 Å². The van der Waals surface area contributed by atoms with Crippen LogP contribution in [0.1, 0.15) is 5.76 Å². The van der Waals surface area contributed by atoms with Crippen molar-refractivity contribution < 1.29 is 29.0 Å². The van der Waals surface area contributed by atoms with Crippen molar-refractivity contribution >= 4 is 17.5 Å². The van der Waals surface area contributed by atoms with Crippen molar-refractivity contribution in [1.82, 2.24) is 4.90 Å². The smallest absolute Gasteiger partial charge is 0.277 e. The molecule has 136 valence electrons. The van der Waals surface area contributed by atoms with E-state index in [0.29, 0.717) is 28.5 Å². The Morgan fingerprint density at radius 3 is 2.65 bits per heavy atom. The van der Waals surface area contributed by atoms with Gasteiger partial charge in [0.2, 0.25) is 0 Å². The van der Waals surface area contributed by atoms with Crippen LogP contribution in [0.25, 0.3) is 11.3 Å². The fraction of sp³-hybridized carbons (Fsp3) is 0.222. The molecule has 2 heterocycles. The highest BCUT2D eigenvalue weighted by Crippen LogP contribution is 2.34. The highest BCUT2D eigenvalue weighted by atomic mass is 16.5. The number of nitrogens with one attached hydrogen (secondary N) is 1. The number of anilines is 1. The first-order valence-electron chi connectivity index (χ1n) is 7.90. The molecule has 0 spiro atoms. The minimum absolute atomic E-state index is 0.0671. The zero-order valence-electron chi connectivity index (χ0n) is 14.1. The van der Waals surface area contributed by atoms with E-state index in [1.54, 1.807) is 30.3 Å². The molecule has 1 aromatic heterocycles. The number of carbonyl (C=O) groups excluding carboxylic acids is 2. The van der Waals surface area contributed by atoms with Gasteiger partial charge in [0.1, 0.15) is 29.6 Å². The lowest BCUT2D eigenvalue weighted by Crippen LogP contribution is -2.34. The summed E-state index contributed by atoms with van der Waals surface area (Å²) in [7, 11) is 1.52. The second-order valence-corrected chi connectivity index (χ2v) is 5.54. The number of β-amino-alcohol motifs (C(OH)–C–C–N with tert-alkyl or cyclic N) is 1. The molecular weight excluding hydrogens is 340 g/mol. The molecule has 3 rings (SSSR count). The minimum Gasteiger partial charge on any atom is -0.497 e. The Balaban J connectivity index is 1.95. The normalized spacial score (nSPS) is 14.0. The monoisotopic (exact) mass is 358 g/mol. The average molecular weight is 358 g/mol. The Bertz CT molecular complexity index is 870. The highest BCUT2D eigenvalue weighted by molar-refractivity contribution is 6.17. The van der Waals surface area contributed by atoms with Crippen LogP contribution in [0.15, 0.2) is 46.5 Å². The van der Waals surface area contributed by atoms with Gasteiger partial charge in [-0.15, -0.1) is 0 Å². The van der Waals surface area contributed by atoms with Crippen LogP contribution < -0.4 is 10.1 Å². The molecule has 1 aliphatic heterocycles. The third-order valence-electron chi connectivity index (χ3n) is 3.91. The predicted octanol–water partition coefficient (Wildman–Crippen LogP) is 1.10. The summed E-state index contributed by atoms with van der Waals surface area (Å²) in [4.78, 5) is 25.2. The first kappa shape index (κ1) is 17.7. The van der Waals surface area contributed by atoms with E-state index in [2.05, 4.69) is 5.32 Å². The number of hydrogen-bond acceptors (Lipinski definition) is 7. The molecule has 8 nitrogen and oxygen atoms in total. The second kappa shape index (κ2) is 7.42. The maximum Gasteiger partial charge on any atom is 0.277 e. The number of nitrogens with zero attached hydrogens (tertiary/aromatic N) is 1. The van der Waals surface area contributed by atoms with Gasteiger partial charge in [-0.3, -0.25) is 14.5 Å². The summed E-state index contributed by atoms with van der Waals surface area (Å²) >= 11 is 0. The number of amides is 2. The molecular formula is C18H18N2O6. The Morgan fingerprint density at radius 1 is 1.19 bits per heavy atom. The minimum atomic E-state index is -0.520. The molecule has 0 fully saturated rings. The van der Waals surface area contributed by atoms with Crippen molar-refractivity contribution in [2.24, 2.45) is 0 Å². The van der Waals surface area contributed by atoms with Crippen LogP contribution in [-0.2, 0) is 16.2 Å². The van der Waals surface area contributed by atoms with Gasteiger partial charge in [0.25, 0.3) is 11.8 Å². The molecule has 0 saturated heterocycles. The standard InChI is InChI=1S/C18H18N2O6/c1-25-11-2-4-13(16-5-3-12(10-22)26-16)14(8-11)19-15-9-17(23)20(6-7-21)18(15)24/h2-5,8-9,19,21-22H,6-7,10H2,1H3. The topological polar surface area (TPSA) is 112 Å². The van der Waals surface area contributed by atoms with Gasteiger partial charge in [0.05, 0.1) is 25.9 Å². The summed E-state index contributed by atoms with van der Waals surface area (Å²) in [6, 6.07) is 8.50. The largest absolute Gasteiger partial charge is 0.497 e. The first-order valence-corrected chi connectivity index (χ1v) is 7.90. The van der Waals surface area contributed by atoms with E-state index in [4.69, 9.17) is 14.3 Å². The van der Waals surface area contributed by atoms with Gasteiger partial charge in [-0.1, -0.05) is 0 Å². The van der Waals surface area contributed by atoms with Gasteiger partial charge < -0.3 is 24.7 Å². The van der Waals surface area contributed by atoms with Gasteiger partial charge in [0, 0.05) is 17.7 Å². The van der Waals surface area contributed by atoms with Crippen LogP contribution in [0, 0.1) is 0 Å². The van der Waals surface area contributed by atoms with Gasteiger partial charge >= 0.3 is 0 Å². The van der Waals surface area contributed by atoms with E-state index in [0.717, 1.165) is 4.90 Å². The van der Waals surface area contributed by atoms with Crippen molar-refractivity contribution in [3.05, 3.63) is 47.9 Å². The molecule has 3 N–H and O–H groups in total. The first-order chi connectivity index (χ1) is 12.6. The van der Waals surface area contributed by atoms with E-state index in [-0.39, 0.29) is 25.5 Å². The second-order valence-electron chi connectivity index (χ2n) is 5.54. The summed E-state index contributed by atoms with van der Waals surface area (Å²) in [5.74, 6) is 0.436. The molecule has 1 aliphatic rings. The van der Waals surface area contributed by atoms with Crippen molar-refractivity contribution in [3.8, 4) is 17.1 Å². The molecule has 1 aromatic carbocycles. The molecule has 2 amide bonds. The summed E-state index contributed by atoms with van der Waals surface area (Å²) < 4.78 is 10.8. The van der Waals surface area contributed by atoms with Gasteiger partial charge in [-0.05, 0) is 24.3 Å². The third-order valence-corrected chi connectivity index (χ3v) is 3.91. The number of aliphatic hydroxyl groups excluding tert-OH is 2. The number of furan rings is 1. The summed E-state index contributed by atoms with van der Waals surface area (Å²) in [5.41, 5.74) is 1.22. The third kappa shape index (κ3) is 3.32. The van der Waals surface area contributed by atoms with Crippen molar-refractivity contribution in [3.63, 3.8) is 0 Å². The van der Waals surface area contributed by atoms with Gasteiger partial charge in [-0.25, -0.2) is 0 Å². The molecule has 0 unspecified atom stereocenters. The predicted molar refractivity (Wildman–Crippen MR) is 92.1 cm³/mol.